The third-order valence-electron chi connectivity index (χ3n) is 4.69. The molecule has 2 aliphatic heterocycles. The molecule has 2 fully saturated rings. The van der Waals surface area contributed by atoms with E-state index in [0.717, 1.165) is 4.90 Å². The van der Waals surface area contributed by atoms with Crippen molar-refractivity contribution in [1.29, 1.82) is 0 Å². The van der Waals surface area contributed by atoms with Crippen molar-refractivity contribution in [2.24, 2.45) is 0 Å². The number of hydrogen-bond donors (Lipinski definition) is 1. The topological polar surface area (TPSA) is 92.1 Å². The van der Waals surface area contributed by atoms with Crippen molar-refractivity contribution in [2.75, 3.05) is 18.6 Å². The van der Waals surface area contributed by atoms with Crippen molar-refractivity contribution in [3.05, 3.63) is 48.4 Å². The summed E-state index contributed by atoms with van der Waals surface area (Å²) in [5, 5.41) is 2.83. The smallest absolute Gasteiger partial charge is 0.329 e. The molecule has 0 radical (unpaired) electrons. The lowest BCUT2D eigenvalue weighted by Gasteiger charge is -2.36. The largest absolute Gasteiger partial charge is 0.497 e. The number of carbonyl (C=O) groups excluding carboxylic acids is 3. The number of methoxy groups -OCH3 is 1. The molecule has 4 rings (SSSR count). The molecule has 2 saturated heterocycles. The van der Waals surface area contributed by atoms with Crippen LogP contribution in [0.15, 0.2) is 47.1 Å². The summed E-state index contributed by atoms with van der Waals surface area (Å²) in [7, 11) is 1.51. The number of imide groups is 1. The van der Waals surface area contributed by atoms with E-state index in [2.05, 4.69) is 5.32 Å². The quantitative estimate of drug-likeness (QED) is 0.903. The van der Waals surface area contributed by atoms with Gasteiger partial charge in [0, 0.05) is 12.6 Å². The Morgan fingerprint density at radius 2 is 2.12 bits per heavy atom. The van der Waals surface area contributed by atoms with Crippen molar-refractivity contribution in [2.45, 2.75) is 18.5 Å². The minimum atomic E-state index is -0.767. The van der Waals surface area contributed by atoms with Crippen LogP contribution >= 0.6 is 0 Å². The molecule has 8 nitrogen and oxygen atoms in total. The first-order valence-corrected chi connectivity index (χ1v) is 8.23. The Labute approximate surface area is 149 Å². The van der Waals surface area contributed by atoms with Crippen LogP contribution < -0.4 is 15.0 Å². The maximum absolute atomic E-state index is 13.1. The van der Waals surface area contributed by atoms with Crippen LogP contribution in [-0.2, 0) is 4.79 Å². The number of likely N-dealkylation sites (tertiary alicyclic amines) is 1. The SMILES string of the molecule is COc1cccc(N2C(=O)N[C@@H]3CCN(C(=O)c4ccco4)[C@@H]3C2=O)c1. The van der Waals surface area contributed by atoms with Crippen LogP contribution in [0.4, 0.5) is 10.5 Å². The number of rotatable bonds is 3. The summed E-state index contributed by atoms with van der Waals surface area (Å²) in [5.41, 5.74) is 0.391. The molecule has 1 aromatic carbocycles. The highest BCUT2D eigenvalue weighted by Gasteiger charge is 2.50. The van der Waals surface area contributed by atoms with Gasteiger partial charge in [-0.05, 0) is 30.7 Å². The summed E-state index contributed by atoms with van der Waals surface area (Å²) < 4.78 is 10.3. The summed E-state index contributed by atoms with van der Waals surface area (Å²) >= 11 is 0. The van der Waals surface area contributed by atoms with Crippen LogP contribution in [-0.4, -0.2) is 48.5 Å². The predicted octanol–water partition coefficient (Wildman–Crippen LogP) is 1.63. The normalized spacial score (nSPS) is 22.2. The number of ether oxygens (including phenoxy) is 1. The zero-order valence-corrected chi connectivity index (χ0v) is 14.0. The number of furan rings is 1. The molecule has 4 amide bonds. The molecule has 1 aromatic heterocycles. The van der Waals surface area contributed by atoms with Crippen LogP contribution in [0.5, 0.6) is 5.75 Å². The number of nitrogens with one attached hydrogen (secondary N) is 1. The van der Waals surface area contributed by atoms with Gasteiger partial charge in [-0.25, -0.2) is 9.69 Å². The lowest BCUT2D eigenvalue weighted by atomic mass is 10.0. The first-order valence-electron chi connectivity index (χ1n) is 8.23. The zero-order valence-electron chi connectivity index (χ0n) is 14.0. The molecule has 2 aromatic rings. The van der Waals surface area contributed by atoms with E-state index >= 15 is 0 Å². The number of anilines is 1. The molecule has 134 valence electrons. The standard InChI is InChI=1S/C18H17N3O5/c1-25-12-5-2-4-11(10-12)21-17(23)15-13(19-18(21)24)7-8-20(15)16(22)14-6-3-9-26-14/h2-6,9-10,13,15H,7-8H2,1H3,(H,19,24)/t13-,15+/m1/s1. The highest BCUT2D eigenvalue weighted by molar-refractivity contribution is 6.19. The number of carbonyl (C=O) groups is 3. The van der Waals surface area contributed by atoms with Crippen molar-refractivity contribution < 1.29 is 23.5 Å². The molecule has 3 heterocycles. The van der Waals surface area contributed by atoms with Crippen LogP contribution in [0, 0.1) is 0 Å². The number of hydrogen-bond acceptors (Lipinski definition) is 5. The molecular formula is C18H17N3O5. The monoisotopic (exact) mass is 355 g/mol. The average molecular weight is 355 g/mol. The molecule has 0 unspecified atom stereocenters. The first-order chi connectivity index (χ1) is 12.6. The zero-order chi connectivity index (χ0) is 18.3. The van der Waals surface area contributed by atoms with Gasteiger partial charge < -0.3 is 19.4 Å². The fraction of sp³-hybridized carbons (Fsp3) is 0.278. The molecule has 26 heavy (non-hydrogen) atoms. The van der Waals surface area contributed by atoms with Crippen molar-refractivity contribution >= 4 is 23.5 Å². The van der Waals surface area contributed by atoms with E-state index in [9.17, 15) is 14.4 Å². The predicted molar refractivity (Wildman–Crippen MR) is 90.9 cm³/mol. The summed E-state index contributed by atoms with van der Waals surface area (Å²) in [6, 6.07) is 8.17. The molecule has 0 spiro atoms. The summed E-state index contributed by atoms with van der Waals surface area (Å²) in [6.45, 7) is 0.368. The lowest BCUT2D eigenvalue weighted by molar-refractivity contribution is -0.122. The van der Waals surface area contributed by atoms with E-state index in [1.807, 2.05) is 0 Å². The van der Waals surface area contributed by atoms with E-state index in [4.69, 9.17) is 9.15 Å². The highest BCUT2D eigenvalue weighted by atomic mass is 16.5. The van der Waals surface area contributed by atoms with Gasteiger partial charge in [-0.2, -0.15) is 0 Å². The molecule has 2 aliphatic rings. The second-order valence-electron chi connectivity index (χ2n) is 6.14. The van der Waals surface area contributed by atoms with E-state index < -0.39 is 24.0 Å². The van der Waals surface area contributed by atoms with Crippen LogP contribution in [0.3, 0.4) is 0 Å². The van der Waals surface area contributed by atoms with Gasteiger partial charge in [0.25, 0.3) is 11.8 Å². The fourth-order valence-corrected chi connectivity index (χ4v) is 3.47. The third-order valence-corrected chi connectivity index (χ3v) is 4.69. The van der Waals surface area contributed by atoms with E-state index in [1.165, 1.54) is 18.3 Å². The lowest BCUT2D eigenvalue weighted by Crippen LogP contribution is -2.65. The Morgan fingerprint density at radius 3 is 2.85 bits per heavy atom. The molecule has 8 heteroatoms. The Bertz CT molecular complexity index is 863. The summed E-state index contributed by atoms with van der Waals surface area (Å²) in [5.74, 6) is -0.106. The van der Waals surface area contributed by atoms with Gasteiger partial charge in [0.2, 0.25) is 0 Å². The van der Waals surface area contributed by atoms with E-state index in [-0.39, 0.29) is 11.7 Å². The number of nitrogens with zero attached hydrogens (tertiary/aromatic N) is 2. The van der Waals surface area contributed by atoms with Crippen LogP contribution in [0.2, 0.25) is 0 Å². The van der Waals surface area contributed by atoms with E-state index in [1.54, 1.807) is 36.4 Å². The van der Waals surface area contributed by atoms with Crippen molar-refractivity contribution in [3.8, 4) is 5.75 Å². The molecule has 0 saturated carbocycles. The maximum Gasteiger partial charge on any atom is 0.329 e. The van der Waals surface area contributed by atoms with Gasteiger partial charge in [0.1, 0.15) is 11.8 Å². The number of amides is 4. The Kier molecular flexibility index (Phi) is 3.87. The molecular weight excluding hydrogens is 338 g/mol. The second-order valence-corrected chi connectivity index (χ2v) is 6.14. The molecule has 0 aliphatic carbocycles. The Balaban J connectivity index is 1.66. The minimum absolute atomic E-state index is 0.170. The number of benzene rings is 1. The minimum Gasteiger partial charge on any atom is -0.497 e. The molecule has 0 bridgehead atoms. The van der Waals surface area contributed by atoms with Crippen molar-refractivity contribution in [3.63, 3.8) is 0 Å². The van der Waals surface area contributed by atoms with E-state index in [0.29, 0.717) is 24.4 Å². The molecule has 2 atom stereocenters. The number of fused-ring (bicyclic) bond motifs is 1. The third kappa shape index (κ3) is 2.50. The van der Waals surface area contributed by atoms with Crippen LogP contribution in [0.25, 0.3) is 0 Å². The van der Waals surface area contributed by atoms with Gasteiger partial charge in [-0.15, -0.1) is 0 Å². The molecule has 1 N–H and O–H groups in total. The van der Waals surface area contributed by atoms with Gasteiger partial charge in [-0.3, -0.25) is 9.59 Å². The maximum atomic E-state index is 13.1. The Morgan fingerprint density at radius 1 is 1.27 bits per heavy atom. The van der Waals surface area contributed by atoms with Gasteiger partial charge in [0.05, 0.1) is 25.1 Å². The number of urea groups is 1. The van der Waals surface area contributed by atoms with Crippen LogP contribution in [0.1, 0.15) is 17.0 Å². The van der Waals surface area contributed by atoms with Gasteiger partial charge in [0.15, 0.2) is 5.76 Å². The van der Waals surface area contributed by atoms with Gasteiger partial charge in [-0.1, -0.05) is 6.07 Å². The Hall–Kier alpha value is -3.29. The fourth-order valence-electron chi connectivity index (χ4n) is 3.47. The summed E-state index contributed by atoms with van der Waals surface area (Å²) in [6.07, 6.45) is 1.92. The highest BCUT2D eigenvalue weighted by Crippen LogP contribution is 2.30. The first kappa shape index (κ1) is 16.2. The van der Waals surface area contributed by atoms with Crippen molar-refractivity contribution in [1.82, 2.24) is 10.2 Å². The van der Waals surface area contributed by atoms with Gasteiger partial charge >= 0.3 is 6.03 Å². The second kappa shape index (κ2) is 6.21. The summed E-state index contributed by atoms with van der Waals surface area (Å²) in [4.78, 5) is 40.8. The average Bonchev–Trinajstić information content (AvgIpc) is 3.31.